The molecule has 0 heterocycles. The van der Waals surface area contributed by atoms with E-state index < -0.39 is 16.9 Å². The van der Waals surface area contributed by atoms with Crippen molar-refractivity contribution in [3.05, 3.63) is 0 Å². The molecule has 0 aliphatic rings. The molecule has 3 N–H and O–H groups in total. The van der Waals surface area contributed by atoms with E-state index in [0.29, 0.717) is 0 Å². The minimum Gasteiger partial charge on any atom is -0.480 e. The van der Waals surface area contributed by atoms with Gasteiger partial charge in [-0.1, -0.05) is 20.8 Å². The van der Waals surface area contributed by atoms with E-state index in [2.05, 4.69) is 0 Å². The molecule has 0 aromatic rings. The van der Waals surface area contributed by atoms with Crippen molar-refractivity contribution in [2.75, 3.05) is 0 Å². The fourth-order valence-corrected chi connectivity index (χ4v) is 0.321. The lowest BCUT2D eigenvalue weighted by molar-refractivity contribution is -0.146. The first kappa shape index (κ1) is 13.3. The van der Waals surface area contributed by atoms with Gasteiger partial charge < -0.3 is 10.8 Å². The summed E-state index contributed by atoms with van der Waals surface area (Å²) in [5.41, 5.74) is 3.99. The highest BCUT2D eigenvalue weighted by Crippen LogP contribution is 2.27. The first-order valence-electron chi connectivity index (χ1n) is 3.22. The zero-order chi connectivity index (χ0) is 8.58. The minimum atomic E-state index is -1.15. The molecule has 0 aromatic carbocycles. The first-order valence-corrected chi connectivity index (χ1v) is 3.22. The standard InChI is InChI=1S/C7H15NO2.ClH/c1-6(2,3)7(4,8)5(9)10;/h8H2,1-4H3,(H,9,10);1H/t7-;/m1./s1. The van der Waals surface area contributed by atoms with E-state index >= 15 is 0 Å². The fourth-order valence-electron chi connectivity index (χ4n) is 0.321. The van der Waals surface area contributed by atoms with Crippen LogP contribution < -0.4 is 5.73 Å². The number of carbonyl (C=O) groups is 1. The van der Waals surface area contributed by atoms with Crippen molar-refractivity contribution in [2.45, 2.75) is 33.2 Å². The lowest BCUT2D eigenvalue weighted by atomic mass is 9.76. The van der Waals surface area contributed by atoms with Crippen LogP contribution in [0.3, 0.4) is 0 Å². The Hall–Kier alpha value is -0.280. The second-order valence-electron chi connectivity index (χ2n) is 3.76. The maximum Gasteiger partial charge on any atom is 0.323 e. The number of nitrogens with two attached hydrogens (primary N) is 1. The lowest BCUT2D eigenvalue weighted by Gasteiger charge is -2.33. The van der Waals surface area contributed by atoms with E-state index in [0.717, 1.165) is 0 Å². The summed E-state index contributed by atoms with van der Waals surface area (Å²) in [6.45, 7) is 6.94. The van der Waals surface area contributed by atoms with Gasteiger partial charge in [-0.05, 0) is 12.3 Å². The molecule has 4 heteroatoms. The molecule has 0 spiro atoms. The summed E-state index contributed by atoms with van der Waals surface area (Å²) in [6.07, 6.45) is 0. The van der Waals surface area contributed by atoms with Crippen LogP contribution in [0.4, 0.5) is 0 Å². The zero-order valence-corrected chi connectivity index (χ0v) is 8.16. The smallest absolute Gasteiger partial charge is 0.323 e. The Kier molecular flexibility index (Phi) is 4.13. The van der Waals surface area contributed by atoms with Crippen LogP contribution in [0.15, 0.2) is 0 Å². The van der Waals surface area contributed by atoms with Gasteiger partial charge in [-0.15, -0.1) is 12.4 Å². The highest BCUT2D eigenvalue weighted by atomic mass is 35.5. The van der Waals surface area contributed by atoms with E-state index in [-0.39, 0.29) is 12.4 Å². The topological polar surface area (TPSA) is 63.3 Å². The van der Waals surface area contributed by atoms with Crippen molar-refractivity contribution in [1.82, 2.24) is 0 Å². The van der Waals surface area contributed by atoms with Gasteiger partial charge >= 0.3 is 5.97 Å². The Bertz CT molecular complexity index is 149. The molecule has 0 radical (unpaired) electrons. The molecule has 0 saturated heterocycles. The molecule has 0 aromatic heterocycles. The molecule has 0 unspecified atom stereocenters. The van der Waals surface area contributed by atoms with E-state index in [1.807, 2.05) is 0 Å². The van der Waals surface area contributed by atoms with Crippen LogP contribution in [0.1, 0.15) is 27.7 Å². The largest absolute Gasteiger partial charge is 0.480 e. The highest BCUT2D eigenvalue weighted by molar-refractivity contribution is 5.85. The van der Waals surface area contributed by atoms with Crippen molar-refractivity contribution < 1.29 is 9.90 Å². The fraction of sp³-hybridized carbons (Fsp3) is 0.857. The molecule has 0 bridgehead atoms. The second-order valence-corrected chi connectivity index (χ2v) is 3.76. The molecule has 0 rings (SSSR count). The van der Waals surface area contributed by atoms with Crippen molar-refractivity contribution in [3.8, 4) is 0 Å². The molecule has 0 saturated carbocycles. The van der Waals surface area contributed by atoms with Gasteiger partial charge in [0.15, 0.2) is 0 Å². The molecule has 3 nitrogen and oxygen atoms in total. The van der Waals surface area contributed by atoms with Crippen LogP contribution in [0, 0.1) is 5.41 Å². The lowest BCUT2D eigenvalue weighted by Crippen LogP contribution is -2.55. The maximum absolute atomic E-state index is 10.5. The Morgan fingerprint density at radius 3 is 1.55 bits per heavy atom. The van der Waals surface area contributed by atoms with Gasteiger partial charge in [0.25, 0.3) is 0 Å². The maximum atomic E-state index is 10.5. The van der Waals surface area contributed by atoms with Crippen LogP contribution in [-0.4, -0.2) is 16.6 Å². The summed E-state index contributed by atoms with van der Waals surface area (Å²) in [5, 5.41) is 8.65. The zero-order valence-electron chi connectivity index (χ0n) is 7.34. The van der Waals surface area contributed by atoms with Gasteiger partial charge in [0.1, 0.15) is 5.54 Å². The molecule has 68 valence electrons. The number of carboxylic acid groups (broad SMARTS) is 1. The van der Waals surface area contributed by atoms with Gasteiger partial charge in [0, 0.05) is 0 Å². The molecule has 1 atom stereocenters. The first-order chi connectivity index (χ1) is 4.19. The molecular weight excluding hydrogens is 166 g/mol. The number of hydrogen-bond acceptors (Lipinski definition) is 2. The molecule has 11 heavy (non-hydrogen) atoms. The van der Waals surface area contributed by atoms with Gasteiger partial charge in [0.05, 0.1) is 0 Å². The van der Waals surface area contributed by atoms with E-state index in [9.17, 15) is 4.79 Å². The van der Waals surface area contributed by atoms with Crippen LogP contribution in [0.25, 0.3) is 0 Å². The van der Waals surface area contributed by atoms with E-state index in [4.69, 9.17) is 10.8 Å². The number of hydrogen-bond donors (Lipinski definition) is 2. The summed E-state index contributed by atoms with van der Waals surface area (Å²) in [4.78, 5) is 10.5. The number of carboxylic acids is 1. The summed E-state index contributed by atoms with van der Waals surface area (Å²) in [6, 6.07) is 0. The van der Waals surface area contributed by atoms with Crippen molar-refractivity contribution in [3.63, 3.8) is 0 Å². The quantitative estimate of drug-likeness (QED) is 0.640. The average molecular weight is 182 g/mol. The van der Waals surface area contributed by atoms with Gasteiger partial charge in [-0.25, -0.2) is 0 Å². The monoisotopic (exact) mass is 181 g/mol. The number of aliphatic carboxylic acids is 1. The number of halogens is 1. The summed E-state index contributed by atoms with van der Waals surface area (Å²) in [5.74, 6) is -0.958. The molecule has 0 fully saturated rings. The van der Waals surface area contributed by atoms with Gasteiger partial charge in [-0.2, -0.15) is 0 Å². The SMILES string of the molecule is CC(C)(C)[C@](C)(N)C(=O)O.Cl. The average Bonchev–Trinajstić information content (AvgIpc) is 1.62. The van der Waals surface area contributed by atoms with E-state index in [1.165, 1.54) is 6.92 Å². The molecular formula is C7H16ClNO2. The van der Waals surface area contributed by atoms with E-state index in [1.54, 1.807) is 20.8 Å². The van der Waals surface area contributed by atoms with Crippen LogP contribution in [0.5, 0.6) is 0 Å². The minimum absolute atomic E-state index is 0. The van der Waals surface area contributed by atoms with Crippen LogP contribution in [0.2, 0.25) is 0 Å². The number of rotatable bonds is 1. The molecule has 0 amide bonds. The predicted molar refractivity (Wildman–Crippen MR) is 46.9 cm³/mol. The Morgan fingerprint density at radius 1 is 1.27 bits per heavy atom. The van der Waals surface area contributed by atoms with Gasteiger partial charge in [-0.3, -0.25) is 4.79 Å². The van der Waals surface area contributed by atoms with Crippen molar-refractivity contribution in [1.29, 1.82) is 0 Å². The van der Waals surface area contributed by atoms with Crippen molar-refractivity contribution >= 4 is 18.4 Å². The van der Waals surface area contributed by atoms with Crippen LogP contribution in [-0.2, 0) is 4.79 Å². The van der Waals surface area contributed by atoms with Crippen molar-refractivity contribution in [2.24, 2.45) is 11.1 Å². The predicted octanol–water partition coefficient (Wildman–Crippen LogP) is 1.26. The third-order valence-electron chi connectivity index (χ3n) is 2.00. The second kappa shape index (κ2) is 3.41. The highest BCUT2D eigenvalue weighted by Gasteiger charge is 2.40. The van der Waals surface area contributed by atoms with Crippen LogP contribution >= 0.6 is 12.4 Å². The normalized spacial score (nSPS) is 16.5. The Balaban J connectivity index is 0. The molecule has 0 aliphatic heterocycles. The Morgan fingerprint density at radius 2 is 1.55 bits per heavy atom. The third-order valence-corrected chi connectivity index (χ3v) is 2.00. The van der Waals surface area contributed by atoms with Gasteiger partial charge in [0.2, 0.25) is 0 Å². The Labute approximate surface area is 73.4 Å². The molecule has 0 aliphatic carbocycles. The summed E-state index contributed by atoms with van der Waals surface area (Å²) in [7, 11) is 0. The summed E-state index contributed by atoms with van der Waals surface area (Å²) < 4.78 is 0. The summed E-state index contributed by atoms with van der Waals surface area (Å²) >= 11 is 0. The third kappa shape index (κ3) is 2.67.